The first-order chi connectivity index (χ1) is 8.63. The van der Waals surface area contributed by atoms with Crippen LogP contribution in [0, 0.1) is 0 Å². The number of rotatable bonds is 4. The van der Waals surface area contributed by atoms with Crippen LogP contribution in [0.2, 0.25) is 0 Å². The Balaban J connectivity index is 1.66. The van der Waals surface area contributed by atoms with E-state index in [2.05, 4.69) is 32.1 Å². The third-order valence-electron chi connectivity index (χ3n) is 3.23. The van der Waals surface area contributed by atoms with Crippen molar-refractivity contribution in [1.29, 1.82) is 0 Å². The fourth-order valence-corrected chi connectivity index (χ4v) is 3.53. The van der Waals surface area contributed by atoms with Gasteiger partial charge in [0.1, 0.15) is 0 Å². The Hall–Kier alpha value is -0.720. The zero-order chi connectivity index (χ0) is 12.6. The van der Waals surface area contributed by atoms with E-state index >= 15 is 0 Å². The van der Waals surface area contributed by atoms with Gasteiger partial charge in [-0.1, -0.05) is 5.16 Å². The van der Waals surface area contributed by atoms with Crippen LogP contribution in [-0.2, 0) is 12.8 Å². The molecule has 0 amide bonds. The van der Waals surface area contributed by atoms with Crippen molar-refractivity contribution in [2.75, 3.05) is 0 Å². The van der Waals surface area contributed by atoms with E-state index in [0.717, 1.165) is 23.7 Å². The summed E-state index contributed by atoms with van der Waals surface area (Å²) in [5.41, 5.74) is -0.601. The van der Waals surface area contributed by atoms with Gasteiger partial charge in [-0.3, -0.25) is 0 Å². The molecule has 18 heavy (non-hydrogen) atoms. The number of thiophene rings is 1. The summed E-state index contributed by atoms with van der Waals surface area (Å²) in [6.07, 6.45) is 3.91. The molecule has 4 nitrogen and oxygen atoms in total. The Morgan fingerprint density at radius 3 is 2.94 bits per heavy atom. The van der Waals surface area contributed by atoms with Gasteiger partial charge in [-0.15, -0.1) is 11.3 Å². The summed E-state index contributed by atoms with van der Waals surface area (Å²) < 4.78 is 6.27. The number of nitrogens with zero attached hydrogens (tertiary/aromatic N) is 2. The molecule has 1 aliphatic rings. The highest BCUT2D eigenvalue weighted by atomic mass is 79.9. The molecule has 0 saturated heterocycles. The lowest BCUT2D eigenvalue weighted by molar-refractivity contribution is -0.0378. The molecule has 1 saturated carbocycles. The number of aromatic nitrogens is 2. The monoisotopic (exact) mass is 328 g/mol. The predicted molar refractivity (Wildman–Crippen MR) is 71.6 cm³/mol. The average molecular weight is 329 g/mol. The summed E-state index contributed by atoms with van der Waals surface area (Å²) in [7, 11) is 0. The van der Waals surface area contributed by atoms with E-state index in [-0.39, 0.29) is 0 Å². The van der Waals surface area contributed by atoms with Gasteiger partial charge in [0.25, 0.3) is 0 Å². The lowest BCUT2D eigenvalue weighted by Gasteiger charge is -2.35. The minimum atomic E-state index is -0.601. The first-order valence-electron chi connectivity index (χ1n) is 5.90. The van der Waals surface area contributed by atoms with Gasteiger partial charge in [-0.25, -0.2) is 0 Å². The van der Waals surface area contributed by atoms with E-state index < -0.39 is 5.60 Å². The van der Waals surface area contributed by atoms with Crippen molar-refractivity contribution in [3.63, 3.8) is 0 Å². The van der Waals surface area contributed by atoms with Gasteiger partial charge in [-0.05, 0) is 41.3 Å². The molecule has 2 heterocycles. The summed E-state index contributed by atoms with van der Waals surface area (Å²) in [5.74, 6) is 1.23. The van der Waals surface area contributed by atoms with Gasteiger partial charge in [-0.2, -0.15) is 4.98 Å². The van der Waals surface area contributed by atoms with Crippen LogP contribution in [0.4, 0.5) is 0 Å². The summed E-state index contributed by atoms with van der Waals surface area (Å²) >= 11 is 5.09. The highest BCUT2D eigenvalue weighted by Gasteiger charge is 2.36. The summed E-state index contributed by atoms with van der Waals surface area (Å²) in [5, 5.41) is 16.0. The Morgan fingerprint density at radius 1 is 1.50 bits per heavy atom. The molecule has 3 rings (SSSR count). The molecule has 0 aliphatic heterocycles. The second kappa shape index (κ2) is 4.75. The van der Waals surface area contributed by atoms with Crippen LogP contribution in [0.25, 0.3) is 0 Å². The summed E-state index contributed by atoms with van der Waals surface area (Å²) in [4.78, 5) is 5.53. The van der Waals surface area contributed by atoms with Gasteiger partial charge in [0.15, 0.2) is 5.82 Å². The maximum absolute atomic E-state index is 10.0. The van der Waals surface area contributed by atoms with E-state index in [0.29, 0.717) is 24.6 Å². The molecule has 0 atom stereocenters. The second-order valence-corrected chi connectivity index (χ2v) is 6.68. The molecule has 0 radical (unpaired) electrons. The van der Waals surface area contributed by atoms with Gasteiger partial charge >= 0.3 is 0 Å². The molecule has 1 fully saturated rings. The second-order valence-electron chi connectivity index (χ2n) is 4.77. The summed E-state index contributed by atoms with van der Waals surface area (Å²) in [6, 6.07) is 2.06. The smallest absolute Gasteiger partial charge is 0.229 e. The van der Waals surface area contributed by atoms with E-state index in [1.807, 2.05) is 5.38 Å². The lowest BCUT2D eigenvalue weighted by Crippen LogP contribution is -2.39. The van der Waals surface area contributed by atoms with Crippen LogP contribution in [0.1, 0.15) is 35.9 Å². The number of aliphatic hydroxyl groups is 1. The van der Waals surface area contributed by atoms with Crippen LogP contribution in [-0.4, -0.2) is 20.8 Å². The molecule has 0 aromatic carbocycles. The molecule has 2 aromatic rings. The lowest BCUT2D eigenvalue weighted by atomic mass is 9.78. The quantitative estimate of drug-likeness (QED) is 0.937. The fourth-order valence-electron chi connectivity index (χ4n) is 2.08. The fraction of sp³-hybridized carbons (Fsp3) is 0.500. The van der Waals surface area contributed by atoms with Crippen LogP contribution in [0.5, 0.6) is 0 Å². The van der Waals surface area contributed by atoms with Gasteiger partial charge in [0, 0.05) is 21.2 Å². The van der Waals surface area contributed by atoms with Crippen molar-refractivity contribution in [3.05, 3.63) is 32.5 Å². The molecule has 0 spiro atoms. The standard InChI is InChI=1S/C12H13BrN2O2S/c13-8-4-9(18-7-8)5-10-14-11(17-15-10)6-12(16)2-1-3-12/h4,7,16H,1-3,5-6H2. The van der Waals surface area contributed by atoms with Gasteiger partial charge in [0.05, 0.1) is 12.0 Å². The largest absolute Gasteiger partial charge is 0.389 e. The normalized spacial score (nSPS) is 17.7. The predicted octanol–water partition coefficient (Wildman–Crippen LogP) is 2.94. The molecule has 1 aliphatic carbocycles. The van der Waals surface area contributed by atoms with Crippen LogP contribution < -0.4 is 0 Å². The zero-order valence-corrected chi connectivity index (χ0v) is 12.1. The third-order valence-corrected chi connectivity index (χ3v) is 4.93. The molecule has 1 N–H and O–H groups in total. The molecular formula is C12H13BrN2O2S. The van der Waals surface area contributed by atoms with Crippen LogP contribution in [0.15, 0.2) is 20.4 Å². The molecule has 0 bridgehead atoms. The minimum absolute atomic E-state index is 0.480. The van der Waals surface area contributed by atoms with Crippen molar-refractivity contribution in [1.82, 2.24) is 10.1 Å². The zero-order valence-electron chi connectivity index (χ0n) is 9.73. The van der Waals surface area contributed by atoms with E-state index in [9.17, 15) is 5.11 Å². The molecular weight excluding hydrogens is 316 g/mol. The number of hydrogen-bond acceptors (Lipinski definition) is 5. The van der Waals surface area contributed by atoms with Crippen molar-refractivity contribution in [2.45, 2.75) is 37.7 Å². The van der Waals surface area contributed by atoms with E-state index in [4.69, 9.17) is 4.52 Å². The van der Waals surface area contributed by atoms with Crippen LogP contribution >= 0.6 is 27.3 Å². The number of hydrogen-bond donors (Lipinski definition) is 1. The Morgan fingerprint density at radius 2 is 2.33 bits per heavy atom. The third kappa shape index (κ3) is 2.65. The van der Waals surface area contributed by atoms with Crippen molar-refractivity contribution in [2.24, 2.45) is 0 Å². The minimum Gasteiger partial charge on any atom is -0.389 e. The van der Waals surface area contributed by atoms with E-state index in [1.54, 1.807) is 11.3 Å². The van der Waals surface area contributed by atoms with E-state index in [1.165, 1.54) is 4.88 Å². The number of halogens is 1. The Kier molecular flexibility index (Phi) is 3.25. The Labute approximate surface area is 117 Å². The molecule has 2 aromatic heterocycles. The topological polar surface area (TPSA) is 59.2 Å². The highest BCUT2D eigenvalue weighted by Crippen LogP contribution is 2.34. The average Bonchev–Trinajstić information content (AvgIpc) is 2.87. The Bertz CT molecular complexity index is 548. The van der Waals surface area contributed by atoms with Gasteiger partial charge in [0.2, 0.25) is 5.89 Å². The van der Waals surface area contributed by atoms with Gasteiger partial charge < -0.3 is 9.63 Å². The summed E-state index contributed by atoms with van der Waals surface area (Å²) in [6.45, 7) is 0. The molecule has 96 valence electrons. The van der Waals surface area contributed by atoms with Crippen molar-refractivity contribution < 1.29 is 9.63 Å². The van der Waals surface area contributed by atoms with Crippen molar-refractivity contribution in [3.8, 4) is 0 Å². The first kappa shape index (κ1) is 12.3. The first-order valence-corrected chi connectivity index (χ1v) is 7.57. The highest BCUT2D eigenvalue weighted by molar-refractivity contribution is 9.10. The maximum Gasteiger partial charge on any atom is 0.229 e. The van der Waals surface area contributed by atoms with Crippen molar-refractivity contribution >= 4 is 27.3 Å². The maximum atomic E-state index is 10.0. The molecule has 6 heteroatoms. The van der Waals surface area contributed by atoms with Crippen LogP contribution in [0.3, 0.4) is 0 Å². The SMILES string of the molecule is OC1(Cc2nc(Cc3cc(Br)cs3)no2)CCC1. The molecule has 0 unspecified atom stereocenters.